The standard InChI is InChI=1S/C9H13ClN2O3S/c1-6(5-13)12-16(14,15)9-4-7(10)2-3-8(9)11/h2-4,6,12-13H,5,11H2,1H3/t6-/m1/s1. The Morgan fingerprint density at radius 3 is 2.75 bits per heavy atom. The topological polar surface area (TPSA) is 92.4 Å². The molecule has 16 heavy (non-hydrogen) atoms. The minimum absolute atomic E-state index is 0.0831. The maximum Gasteiger partial charge on any atom is 0.242 e. The monoisotopic (exact) mass is 264 g/mol. The fourth-order valence-electron chi connectivity index (χ4n) is 1.11. The first-order valence-corrected chi connectivity index (χ1v) is 6.41. The molecule has 0 aromatic heterocycles. The van der Waals surface area contributed by atoms with Crippen molar-refractivity contribution in [1.82, 2.24) is 4.72 Å². The zero-order valence-corrected chi connectivity index (χ0v) is 10.2. The average Bonchev–Trinajstić information content (AvgIpc) is 2.20. The van der Waals surface area contributed by atoms with Gasteiger partial charge in [0.2, 0.25) is 10.0 Å². The summed E-state index contributed by atoms with van der Waals surface area (Å²) in [7, 11) is -3.74. The molecule has 1 aromatic carbocycles. The number of hydrogen-bond acceptors (Lipinski definition) is 4. The predicted molar refractivity (Wildman–Crippen MR) is 62.7 cm³/mol. The van der Waals surface area contributed by atoms with Gasteiger partial charge >= 0.3 is 0 Å². The van der Waals surface area contributed by atoms with Crippen LogP contribution in [0.2, 0.25) is 5.02 Å². The molecule has 0 aliphatic rings. The molecule has 0 fully saturated rings. The Kier molecular flexibility index (Phi) is 4.15. The fourth-order valence-corrected chi connectivity index (χ4v) is 2.74. The highest BCUT2D eigenvalue weighted by Gasteiger charge is 2.19. The van der Waals surface area contributed by atoms with E-state index < -0.39 is 16.1 Å². The lowest BCUT2D eigenvalue weighted by atomic mass is 10.3. The second kappa shape index (κ2) is 5.01. The molecule has 5 nitrogen and oxygen atoms in total. The van der Waals surface area contributed by atoms with Crippen molar-refractivity contribution in [3.8, 4) is 0 Å². The molecule has 0 aliphatic heterocycles. The lowest BCUT2D eigenvalue weighted by Gasteiger charge is -2.13. The van der Waals surface area contributed by atoms with Gasteiger partial charge in [-0.1, -0.05) is 11.6 Å². The molecule has 1 atom stereocenters. The van der Waals surface area contributed by atoms with E-state index in [1.807, 2.05) is 0 Å². The molecule has 0 saturated carbocycles. The van der Waals surface area contributed by atoms with Crippen molar-refractivity contribution in [3.63, 3.8) is 0 Å². The van der Waals surface area contributed by atoms with E-state index >= 15 is 0 Å². The Bertz CT molecular complexity index is 476. The molecule has 90 valence electrons. The van der Waals surface area contributed by atoms with Crippen molar-refractivity contribution in [2.24, 2.45) is 0 Å². The minimum atomic E-state index is -3.74. The molecule has 7 heteroatoms. The molecule has 0 unspecified atom stereocenters. The molecule has 0 bridgehead atoms. The van der Waals surface area contributed by atoms with Crippen molar-refractivity contribution >= 4 is 27.3 Å². The number of hydrogen-bond donors (Lipinski definition) is 3. The zero-order valence-electron chi connectivity index (χ0n) is 8.64. The third-order valence-electron chi connectivity index (χ3n) is 1.90. The van der Waals surface area contributed by atoms with Crippen LogP contribution in [0.4, 0.5) is 5.69 Å². The van der Waals surface area contributed by atoms with E-state index in [4.69, 9.17) is 22.4 Å². The van der Waals surface area contributed by atoms with Crippen molar-refractivity contribution in [2.75, 3.05) is 12.3 Å². The number of aliphatic hydroxyl groups excluding tert-OH is 1. The largest absolute Gasteiger partial charge is 0.398 e. The van der Waals surface area contributed by atoms with Crippen molar-refractivity contribution in [3.05, 3.63) is 23.2 Å². The van der Waals surface area contributed by atoms with Crippen molar-refractivity contribution in [1.29, 1.82) is 0 Å². The van der Waals surface area contributed by atoms with E-state index in [-0.39, 0.29) is 22.2 Å². The summed E-state index contributed by atoms with van der Waals surface area (Å²) in [4.78, 5) is -0.0831. The second-order valence-corrected chi connectivity index (χ2v) is 5.51. The van der Waals surface area contributed by atoms with Crippen LogP contribution in [0, 0.1) is 0 Å². The summed E-state index contributed by atoms with van der Waals surface area (Å²) >= 11 is 5.70. The van der Waals surface area contributed by atoms with Crippen LogP contribution in [0.3, 0.4) is 0 Å². The summed E-state index contributed by atoms with van der Waals surface area (Å²) < 4.78 is 25.9. The lowest BCUT2D eigenvalue weighted by molar-refractivity contribution is 0.265. The van der Waals surface area contributed by atoms with E-state index in [9.17, 15) is 8.42 Å². The minimum Gasteiger partial charge on any atom is -0.398 e. The molecule has 0 radical (unpaired) electrons. The number of anilines is 1. The van der Waals surface area contributed by atoms with Gasteiger partial charge in [0.25, 0.3) is 0 Å². The first-order valence-electron chi connectivity index (χ1n) is 4.55. The predicted octanol–water partition coefficient (Wildman–Crippen LogP) is 0.581. The van der Waals surface area contributed by atoms with Crippen molar-refractivity contribution < 1.29 is 13.5 Å². The van der Waals surface area contributed by atoms with Crippen LogP contribution in [0.5, 0.6) is 0 Å². The van der Waals surface area contributed by atoms with Crippen LogP contribution < -0.4 is 10.5 Å². The van der Waals surface area contributed by atoms with E-state index in [0.29, 0.717) is 0 Å². The molecular formula is C9H13ClN2O3S. The zero-order chi connectivity index (χ0) is 12.3. The SMILES string of the molecule is C[C@H](CO)NS(=O)(=O)c1cc(Cl)ccc1N. The van der Waals surface area contributed by atoms with Crippen LogP contribution in [-0.4, -0.2) is 26.2 Å². The number of benzene rings is 1. The van der Waals surface area contributed by atoms with Crippen LogP contribution in [0.25, 0.3) is 0 Å². The number of aliphatic hydroxyl groups is 1. The number of nitrogens with two attached hydrogens (primary N) is 1. The average molecular weight is 265 g/mol. The number of nitrogens with one attached hydrogen (secondary N) is 1. The second-order valence-electron chi connectivity index (χ2n) is 3.39. The summed E-state index contributed by atoms with van der Waals surface area (Å²) in [5.41, 5.74) is 5.67. The molecule has 0 heterocycles. The highest BCUT2D eigenvalue weighted by Crippen LogP contribution is 2.22. The quantitative estimate of drug-likeness (QED) is 0.694. The van der Waals surface area contributed by atoms with Gasteiger partial charge in [0.1, 0.15) is 4.90 Å². The molecular weight excluding hydrogens is 252 g/mol. The smallest absolute Gasteiger partial charge is 0.242 e. The molecule has 1 rings (SSSR count). The number of nitrogen functional groups attached to an aromatic ring is 1. The van der Waals surface area contributed by atoms with Crippen LogP contribution in [0.1, 0.15) is 6.92 Å². The Labute approximate surface area is 99.3 Å². The molecule has 0 aliphatic carbocycles. The van der Waals surface area contributed by atoms with E-state index in [1.165, 1.54) is 25.1 Å². The molecule has 0 amide bonds. The maximum absolute atomic E-state index is 11.8. The Morgan fingerprint density at radius 2 is 2.19 bits per heavy atom. The highest BCUT2D eigenvalue weighted by molar-refractivity contribution is 7.89. The molecule has 1 aromatic rings. The van der Waals surface area contributed by atoms with Gasteiger partial charge in [-0.05, 0) is 25.1 Å². The number of rotatable bonds is 4. The Hall–Kier alpha value is -0.820. The molecule has 0 spiro atoms. The number of halogens is 1. The van der Waals surface area contributed by atoms with Gasteiger partial charge in [0.05, 0.1) is 12.3 Å². The maximum atomic E-state index is 11.8. The van der Waals surface area contributed by atoms with Crippen molar-refractivity contribution in [2.45, 2.75) is 17.9 Å². The third kappa shape index (κ3) is 3.08. The first kappa shape index (κ1) is 13.2. The van der Waals surface area contributed by atoms with Gasteiger partial charge in [-0.25, -0.2) is 13.1 Å². The van der Waals surface area contributed by atoms with Gasteiger partial charge < -0.3 is 10.8 Å². The third-order valence-corrected chi connectivity index (χ3v) is 3.78. The van der Waals surface area contributed by atoms with Gasteiger partial charge in [0, 0.05) is 11.1 Å². The fraction of sp³-hybridized carbons (Fsp3) is 0.333. The summed E-state index contributed by atoms with van der Waals surface area (Å²) in [6.07, 6.45) is 0. The van der Waals surface area contributed by atoms with Gasteiger partial charge in [-0.3, -0.25) is 0 Å². The van der Waals surface area contributed by atoms with E-state index in [1.54, 1.807) is 0 Å². The normalized spacial score (nSPS) is 13.7. The highest BCUT2D eigenvalue weighted by atomic mass is 35.5. The van der Waals surface area contributed by atoms with Crippen LogP contribution in [-0.2, 0) is 10.0 Å². The Morgan fingerprint density at radius 1 is 1.56 bits per heavy atom. The van der Waals surface area contributed by atoms with Crippen LogP contribution >= 0.6 is 11.6 Å². The van der Waals surface area contributed by atoms with Gasteiger partial charge in [-0.2, -0.15) is 0 Å². The summed E-state index contributed by atoms with van der Waals surface area (Å²) in [6.45, 7) is 1.25. The van der Waals surface area contributed by atoms with Crippen LogP contribution in [0.15, 0.2) is 23.1 Å². The number of sulfonamides is 1. The Balaban J connectivity index is 3.12. The van der Waals surface area contributed by atoms with E-state index in [0.717, 1.165) is 0 Å². The molecule has 0 saturated heterocycles. The summed E-state index contributed by atoms with van der Waals surface area (Å²) in [5, 5.41) is 9.07. The van der Waals surface area contributed by atoms with E-state index in [2.05, 4.69) is 4.72 Å². The summed E-state index contributed by atoms with van der Waals surface area (Å²) in [6, 6.07) is 3.61. The first-order chi connectivity index (χ1) is 7.36. The lowest BCUT2D eigenvalue weighted by Crippen LogP contribution is -2.35. The summed E-state index contributed by atoms with van der Waals surface area (Å²) in [5.74, 6) is 0. The van der Waals surface area contributed by atoms with Gasteiger partial charge in [-0.15, -0.1) is 0 Å². The molecule has 4 N–H and O–H groups in total. The van der Waals surface area contributed by atoms with Gasteiger partial charge in [0.15, 0.2) is 0 Å².